The van der Waals surface area contributed by atoms with Gasteiger partial charge in [-0.2, -0.15) is 0 Å². The second-order valence-corrected chi connectivity index (χ2v) is 5.61. The van der Waals surface area contributed by atoms with Gasteiger partial charge in [0, 0.05) is 11.4 Å². The normalized spacial score (nSPS) is 12.1. The first-order valence-electron chi connectivity index (χ1n) is 6.53. The molecule has 2 aromatic rings. The minimum Gasteiger partial charge on any atom is -0.300 e. The van der Waals surface area contributed by atoms with E-state index in [9.17, 15) is 4.79 Å². The molecule has 0 atom stereocenters. The largest absolute Gasteiger partial charge is 0.300 e. The summed E-state index contributed by atoms with van der Waals surface area (Å²) in [6.07, 6.45) is 2.40. The maximum absolute atomic E-state index is 11.1. The Morgan fingerprint density at radius 2 is 1.79 bits per heavy atom. The molecule has 2 heteroatoms. The van der Waals surface area contributed by atoms with E-state index in [2.05, 4.69) is 24.3 Å². The van der Waals surface area contributed by atoms with Gasteiger partial charge in [0.05, 0.1) is 0 Å². The Hall–Kier alpha value is -1.60. The summed E-state index contributed by atoms with van der Waals surface area (Å²) < 4.78 is 0. The van der Waals surface area contributed by atoms with Gasteiger partial charge in [0.1, 0.15) is 5.78 Å². The minimum absolute atomic E-state index is 0.246. The lowest BCUT2D eigenvalue weighted by atomic mass is 10.0. The lowest BCUT2D eigenvalue weighted by Crippen LogP contribution is -1.94. The summed E-state index contributed by atoms with van der Waals surface area (Å²) in [5.74, 6) is 0.246. The lowest BCUT2D eigenvalue weighted by molar-refractivity contribution is -0.116. The molecule has 0 bridgehead atoms. The summed E-state index contributed by atoms with van der Waals surface area (Å²) in [4.78, 5) is 11.1. The number of rotatable bonds is 3. The number of fused-ring (bicyclic) bond motifs is 3. The lowest BCUT2D eigenvalue weighted by Gasteiger charge is -2.04. The van der Waals surface area contributed by atoms with Gasteiger partial charge in [-0.25, -0.2) is 0 Å². The van der Waals surface area contributed by atoms with Crippen LogP contribution >= 0.6 is 11.6 Å². The van der Waals surface area contributed by atoms with Gasteiger partial charge in [-0.1, -0.05) is 35.9 Å². The molecule has 0 heterocycles. The topological polar surface area (TPSA) is 17.1 Å². The third-order valence-corrected chi connectivity index (χ3v) is 3.91. The molecule has 0 saturated heterocycles. The molecule has 0 radical (unpaired) electrons. The highest BCUT2D eigenvalue weighted by atomic mass is 35.5. The molecule has 0 aliphatic heterocycles. The zero-order chi connectivity index (χ0) is 13.4. The van der Waals surface area contributed by atoms with Crippen molar-refractivity contribution in [2.24, 2.45) is 0 Å². The molecule has 19 heavy (non-hydrogen) atoms. The van der Waals surface area contributed by atoms with E-state index < -0.39 is 0 Å². The van der Waals surface area contributed by atoms with Crippen molar-refractivity contribution < 1.29 is 4.79 Å². The summed E-state index contributed by atoms with van der Waals surface area (Å²) in [5, 5.41) is 0.795. The number of ketones is 1. The molecule has 1 nitrogen and oxygen atoms in total. The van der Waals surface area contributed by atoms with Crippen molar-refractivity contribution >= 4 is 17.4 Å². The SMILES string of the molecule is CC(=O)CCc1ccc2c(c1)Cc1cc(Cl)ccc1-2. The van der Waals surface area contributed by atoms with Crippen molar-refractivity contribution in [1.82, 2.24) is 0 Å². The highest BCUT2D eigenvalue weighted by Crippen LogP contribution is 2.38. The maximum atomic E-state index is 11.1. The summed E-state index contributed by atoms with van der Waals surface area (Å²) in [6, 6.07) is 12.6. The Morgan fingerprint density at radius 3 is 2.53 bits per heavy atom. The van der Waals surface area contributed by atoms with E-state index in [4.69, 9.17) is 11.6 Å². The van der Waals surface area contributed by atoms with Crippen LogP contribution in [0.2, 0.25) is 5.02 Å². The van der Waals surface area contributed by atoms with Crippen molar-refractivity contribution in [3.63, 3.8) is 0 Å². The van der Waals surface area contributed by atoms with E-state index in [0.717, 1.165) is 17.9 Å². The Kier molecular flexibility index (Phi) is 3.16. The fraction of sp³-hybridized carbons (Fsp3) is 0.235. The van der Waals surface area contributed by atoms with Gasteiger partial charge in [-0.05, 0) is 59.7 Å². The molecule has 0 unspecified atom stereocenters. The van der Waals surface area contributed by atoms with E-state index in [1.54, 1.807) is 6.92 Å². The quantitative estimate of drug-likeness (QED) is 0.688. The molecule has 1 aliphatic rings. The van der Waals surface area contributed by atoms with Gasteiger partial charge >= 0.3 is 0 Å². The van der Waals surface area contributed by atoms with Crippen LogP contribution in [0.15, 0.2) is 36.4 Å². The Bertz CT molecular complexity index is 658. The number of carbonyl (C=O) groups excluding carboxylic acids is 1. The highest BCUT2D eigenvalue weighted by molar-refractivity contribution is 6.30. The van der Waals surface area contributed by atoms with Gasteiger partial charge in [0.2, 0.25) is 0 Å². The molecule has 0 N–H and O–H groups in total. The molecule has 0 amide bonds. The fourth-order valence-corrected chi connectivity index (χ4v) is 2.90. The Balaban J connectivity index is 1.92. The molecule has 1 aliphatic carbocycles. The number of hydrogen-bond donors (Lipinski definition) is 0. The molecular weight excluding hydrogens is 256 g/mol. The van der Waals surface area contributed by atoms with Crippen LogP contribution in [0.1, 0.15) is 30.0 Å². The molecule has 96 valence electrons. The standard InChI is InChI=1S/C17H15ClO/c1-11(19)2-3-12-4-6-16-13(8-12)9-14-10-15(18)5-7-17(14)16/h4-8,10H,2-3,9H2,1H3. The van der Waals surface area contributed by atoms with Gasteiger partial charge < -0.3 is 4.79 Å². The summed E-state index contributed by atoms with van der Waals surface area (Å²) in [7, 11) is 0. The van der Waals surface area contributed by atoms with Crippen LogP contribution in [0.25, 0.3) is 11.1 Å². The van der Waals surface area contributed by atoms with Crippen LogP contribution in [-0.2, 0) is 17.6 Å². The van der Waals surface area contributed by atoms with E-state index in [-0.39, 0.29) is 5.78 Å². The van der Waals surface area contributed by atoms with E-state index in [0.29, 0.717) is 6.42 Å². The Morgan fingerprint density at radius 1 is 1.11 bits per heavy atom. The number of carbonyl (C=O) groups is 1. The zero-order valence-electron chi connectivity index (χ0n) is 10.9. The number of benzene rings is 2. The van der Waals surface area contributed by atoms with Crippen molar-refractivity contribution in [2.45, 2.75) is 26.2 Å². The van der Waals surface area contributed by atoms with Crippen LogP contribution in [0.3, 0.4) is 0 Å². The minimum atomic E-state index is 0.246. The fourth-order valence-electron chi connectivity index (χ4n) is 2.71. The van der Waals surface area contributed by atoms with Crippen LogP contribution < -0.4 is 0 Å². The first-order valence-corrected chi connectivity index (χ1v) is 6.91. The molecule has 0 fully saturated rings. The molecular formula is C17H15ClO. The van der Waals surface area contributed by atoms with Crippen molar-refractivity contribution in [2.75, 3.05) is 0 Å². The predicted octanol–water partition coefficient (Wildman–Crippen LogP) is 4.43. The predicted molar refractivity (Wildman–Crippen MR) is 78.7 cm³/mol. The van der Waals surface area contributed by atoms with Gasteiger partial charge in [-0.15, -0.1) is 0 Å². The molecule has 0 spiro atoms. The van der Waals surface area contributed by atoms with Crippen LogP contribution in [0.5, 0.6) is 0 Å². The monoisotopic (exact) mass is 270 g/mol. The number of hydrogen-bond acceptors (Lipinski definition) is 1. The molecule has 0 aromatic heterocycles. The molecule has 2 aromatic carbocycles. The third kappa shape index (κ3) is 2.43. The molecule has 3 rings (SSSR count). The highest BCUT2D eigenvalue weighted by Gasteiger charge is 2.18. The summed E-state index contributed by atoms with van der Waals surface area (Å²) in [5.41, 5.74) is 6.48. The van der Waals surface area contributed by atoms with Gasteiger partial charge in [0.15, 0.2) is 0 Å². The second kappa shape index (κ2) is 4.82. The van der Waals surface area contributed by atoms with E-state index in [1.165, 1.54) is 27.8 Å². The summed E-state index contributed by atoms with van der Waals surface area (Å²) >= 11 is 6.04. The van der Waals surface area contributed by atoms with Crippen molar-refractivity contribution in [3.05, 3.63) is 58.1 Å². The third-order valence-electron chi connectivity index (χ3n) is 3.67. The van der Waals surface area contributed by atoms with Crippen molar-refractivity contribution in [1.29, 1.82) is 0 Å². The number of Topliss-reactive ketones (excluding diaryl/α,β-unsaturated/α-hetero) is 1. The van der Waals surface area contributed by atoms with Gasteiger partial charge in [-0.3, -0.25) is 0 Å². The van der Waals surface area contributed by atoms with E-state index >= 15 is 0 Å². The van der Waals surface area contributed by atoms with Crippen LogP contribution in [0, 0.1) is 0 Å². The average molecular weight is 271 g/mol. The average Bonchev–Trinajstić information content (AvgIpc) is 2.72. The van der Waals surface area contributed by atoms with Crippen LogP contribution in [-0.4, -0.2) is 5.78 Å². The number of aryl methyl sites for hydroxylation is 1. The van der Waals surface area contributed by atoms with Crippen molar-refractivity contribution in [3.8, 4) is 11.1 Å². The van der Waals surface area contributed by atoms with E-state index in [1.807, 2.05) is 12.1 Å². The first kappa shape index (κ1) is 12.4. The van der Waals surface area contributed by atoms with Gasteiger partial charge in [0.25, 0.3) is 0 Å². The zero-order valence-corrected chi connectivity index (χ0v) is 11.6. The number of halogens is 1. The van der Waals surface area contributed by atoms with Crippen LogP contribution in [0.4, 0.5) is 0 Å². The second-order valence-electron chi connectivity index (χ2n) is 5.17. The first-order chi connectivity index (χ1) is 9.13. The molecule has 0 saturated carbocycles. The maximum Gasteiger partial charge on any atom is 0.130 e. The Labute approximate surface area is 118 Å². The smallest absolute Gasteiger partial charge is 0.130 e. The summed E-state index contributed by atoms with van der Waals surface area (Å²) in [6.45, 7) is 1.64.